The van der Waals surface area contributed by atoms with Crippen molar-refractivity contribution in [3.63, 3.8) is 0 Å². The average Bonchev–Trinajstić information content (AvgIpc) is 1.58. The topological polar surface area (TPSA) is 92.9 Å². The SMILES string of the molecule is CC(C)(C)c1cc(-c2ccc3c(c2)c2cc(-c4cc(C(C)(C)C)cc(C(C)(C)C)c4)ccc2n3-c2nc3ccccc3o2)cc(C(C)(C)C)c1.CC(C)(C)c1ccc(-c2ccc3c(c2)c2cc(-c4ccc(C(C)(C)C)cc4)ccc2n3-c2nc3ccccc3o2)cc1.CCCCCCc1ccc(-c2ccc3c(c2)c2cc(-c4ccc(CCCCCC)cc4)ccc2n3-c2nc3ccccc3o2)cc1. The Labute approximate surface area is 815 Å². The van der Waals surface area contributed by atoms with Gasteiger partial charge in [-0.2, -0.15) is 15.0 Å². The minimum atomic E-state index is 0.0332. The number of nitrogens with zero attached hydrogens (tertiary/aromatic N) is 6. The molecule has 0 aliphatic rings. The summed E-state index contributed by atoms with van der Waals surface area (Å²) in [6.07, 6.45) is 12.6. The third kappa shape index (κ3) is 19.2. The molecule has 0 fully saturated rings. The van der Waals surface area contributed by atoms with Gasteiger partial charge in [-0.25, -0.2) is 0 Å². The van der Waals surface area contributed by atoms with Crippen LogP contribution in [0, 0.1) is 0 Å². The molecule has 9 heteroatoms. The Morgan fingerprint density at radius 2 is 0.420 bits per heavy atom. The number of hydrogen-bond acceptors (Lipinski definition) is 6. The van der Waals surface area contributed by atoms with Crippen molar-refractivity contribution in [3.8, 4) is 84.8 Å². The van der Waals surface area contributed by atoms with Crippen molar-refractivity contribution in [2.45, 2.75) is 235 Å². The second-order valence-electron chi connectivity index (χ2n) is 44.6. The zero-order chi connectivity index (χ0) is 96.5. The van der Waals surface area contributed by atoms with E-state index in [2.05, 4.69) is 395 Å². The lowest BCUT2D eigenvalue weighted by Crippen LogP contribution is -2.16. The molecule has 0 spiro atoms. The number of rotatable bonds is 19. The summed E-state index contributed by atoms with van der Waals surface area (Å²) in [6.45, 7) is 45.7. The summed E-state index contributed by atoms with van der Waals surface area (Å²) in [7, 11) is 0. The van der Waals surface area contributed by atoms with Crippen LogP contribution in [0.3, 0.4) is 0 Å². The van der Waals surface area contributed by atoms with E-state index in [4.69, 9.17) is 28.2 Å². The zero-order valence-corrected chi connectivity index (χ0v) is 84.5. The molecule has 0 amide bonds. The maximum absolute atomic E-state index is 6.42. The molecule has 9 nitrogen and oxygen atoms in total. The number of oxazole rings is 3. The van der Waals surface area contributed by atoms with Crippen LogP contribution in [0.1, 0.15) is 234 Å². The van der Waals surface area contributed by atoms with Crippen molar-refractivity contribution < 1.29 is 13.3 Å². The van der Waals surface area contributed by atoms with Crippen LogP contribution in [-0.2, 0) is 45.3 Å². The first-order valence-corrected chi connectivity index (χ1v) is 50.1. The highest BCUT2D eigenvalue weighted by Crippen LogP contribution is 2.46. The van der Waals surface area contributed by atoms with E-state index in [-0.39, 0.29) is 32.5 Å². The fourth-order valence-electron chi connectivity index (χ4n) is 19.5. The van der Waals surface area contributed by atoms with Crippen molar-refractivity contribution in [1.82, 2.24) is 28.7 Å². The van der Waals surface area contributed by atoms with Crippen LogP contribution in [0.2, 0.25) is 0 Å². The van der Waals surface area contributed by atoms with Crippen LogP contribution in [0.15, 0.2) is 329 Å². The fourth-order valence-corrected chi connectivity index (χ4v) is 19.5. The Hall–Kier alpha value is -13.9. The van der Waals surface area contributed by atoms with Crippen molar-refractivity contribution >= 4 is 98.7 Å². The summed E-state index contributed by atoms with van der Waals surface area (Å²) >= 11 is 0. The Morgan fingerprint density at radius 3 is 0.645 bits per heavy atom. The molecule has 21 aromatic rings. The highest BCUT2D eigenvalue weighted by Gasteiger charge is 2.29. The van der Waals surface area contributed by atoms with Gasteiger partial charge in [-0.1, -0.05) is 383 Å². The molecule has 0 bridgehead atoms. The van der Waals surface area contributed by atoms with E-state index in [0.29, 0.717) is 18.0 Å². The molecule has 0 aliphatic carbocycles. The summed E-state index contributed by atoms with van der Waals surface area (Å²) in [6, 6.07) is 117. The highest BCUT2D eigenvalue weighted by molar-refractivity contribution is 6.14. The van der Waals surface area contributed by atoms with Crippen LogP contribution in [-0.4, -0.2) is 28.7 Å². The Morgan fingerprint density at radius 1 is 0.203 bits per heavy atom. The maximum atomic E-state index is 6.42. The smallest absolute Gasteiger partial charge is 0.307 e. The molecule has 21 rings (SSSR count). The summed E-state index contributed by atoms with van der Waals surface area (Å²) in [5.74, 6) is 0. The first-order valence-electron chi connectivity index (χ1n) is 50.1. The third-order valence-electron chi connectivity index (χ3n) is 28.1. The van der Waals surface area contributed by atoms with Crippen molar-refractivity contribution in [1.29, 1.82) is 0 Å². The quantitative estimate of drug-likeness (QED) is 0.0749. The molecule has 0 unspecified atom stereocenters. The van der Waals surface area contributed by atoms with Crippen LogP contribution in [0.5, 0.6) is 0 Å². The number of unbranched alkanes of at least 4 members (excludes halogenated alkanes) is 6. The predicted octanol–water partition coefficient (Wildman–Crippen LogP) is 36.8. The molecule has 696 valence electrons. The van der Waals surface area contributed by atoms with Crippen molar-refractivity contribution in [3.05, 3.63) is 360 Å². The van der Waals surface area contributed by atoms with Gasteiger partial charge in [0.05, 0.1) is 33.1 Å². The number of benzene rings is 15. The normalized spacial score (nSPS) is 12.5. The van der Waals surface area contributed by atoms with Gasteiger partial charge < -0.3 is 13.3 Å². The Balaban J connectivity index is 0.000000133. The summed E-state index contributed by atoms with van der Waals surface area (Å²) in [4.78, 5) is 14.7. The number of aryl methyl sites for hydroxylation is 2. The van der Waals surface area contributed by atoms with Gasteiger partial charge in [0.2, 0.25) is 0 Å². The Kier molecular flexibility index (Phi) is 25.1. The fraction of sp³-hybridized carbons (Fsp3) is 0.279. The molecule has 15 aromatic carbocycles. The summed E-state index contributed by atoms with van der Waals surface area (Å²) in [5.41, 5.74) is 37.4. The van der Waals surface area contributed by atoms with E-state index in [9.17, 15) is 0 Å². The minimum Gasteiger partial charge on any atom is -0.423 e. The first-order chi connectivity index (χ1) is 66.0. The molecule has 6 aromatic heterocycles. The predicted molar refractivity (Wildman–Crippen MR) is 586 cm³/mol. The molecule has 138 heavy (non-hydrogen) atoms. The number of fused-ring (bicyclic) bond motifs is 12. The highest BCUT2D eigenvalue weighted by atomic mass is 16.4. The second-order valence-corrected chi connectivity index (χ2v) is 44.6. The minimum absolute atomic E-state index is 0.0332. The lowest BCUT2D eigenvalue weighted by molar-refractivity contribution is 0.568. The van der Waals surface area contributed by atoms with E-state index in [1.165, 1.54) is 195 Å². The van der Waals surface area contributed by atoms with Gasteiger partial charge in [-0.3, -0.25) is 13.7 Å². The van der Waals surface area contributed by atoms with Crippen molar-refractivity contribution in [2.24, 2.45) is 0 Å². The van der Waals surface area contributed by atoms with Crippen LogP contribution >= 0.6 is 0 Å². The van der Waals surface area contributed by atoms with Gasteiger partial charge in [-0.05, 0) is 279 Å². The largest absolute Gasteiger partial charge is 0.423 e. The Bertz CT molecular complexity index is 7530. The maximum Gasteiger partial charge on any atom is 0.307 e. The van der Waals surface area contributed by atoms with Crippen LogP contribution in [0.25, 0.3) is 184 Å². The molecule has 0 aliphatic heterocycles. The molecule has 0 radical (unpaired) electrons. The van der Waals surface area contributed by atoms with Gasteiger partial charge >= 0.3 is 18.0 Å². The van der Waals surface area contributed by atoms with E-state index in [0.717, 1.165) is 79.2 Å². The van der Waals surface area contributed by atoms with E-state index < -0.39 is 0 Å². The molecule has 0 N–H and O–H groups in total. The summed E-state index contributed by atoms with van der Waals surface area (Å²) in [5, 5.41) is 7.13. The summed E-state index contributed by atoms with van der Waals surface area (Å²) < 4.78 is 25.6. The number of para-hydroxylation sites is 6. The van der Waals surface area contributed by atoms with E-state index in [1.807, 2.05) is 72.8 Å². The van der Waals surface area contributed by atoms with Crippen molar-refractivity contribution in [2.75, 3.05) is 0 Å². The standard InChI is InChI=1S/C47H52N2O.C43H44N2O.C39H36N2O/c1-44(2,3)33-21-31(22-34(27-33)45(4,5)6)29-17-19-40-37(25-29)38-26-30(32-23-35(46(7,8)9)28-36(24-32)47(10,11)12)18-20-41(38)49(40)43-48-39-15-13-14-16-42(39)50-43;1-3-5-7-9-13-31-17-21-33(22-18-31)35-25-27-40-37(29-35)38-30-36(34-23-19-32(20-24-34)14-10-8-6-4-2)26-28-41(38)45(40)43-44-39-15-11-12-16-42(39)46-43;1-38(2,3)29-17-11-25(12-18-29)27-15-21-34-31(23-27)32-24-28(26-13-19-30(20-14-26)39(4,5)6)16-22-35(32)41(34)37-40-33-9-7-8-10-36(33)42-37/h13-28H,1-12H3;11-12,15-30H,3-10,13-14H2,1-2H3;7-24H,1-6H3. The molecular weight excluding hydrogens is 1680 g/mol. The molecule has 6 heterocycles. The number of hydrogen-bond donors (Lipinski definition) is 0. The van der Waals surface area contributed by atoms with Gasteiger partial charge in [0.1, 0.15) is 16.6 Å². The van der Waals surface area contributed by atoms with Gasteiger partial charge in [-0.15, -0.1) is 0 Å². The molecule has 0 saturated carbocycles. The lowest BCUT2D eigenvalue weighted by Gasteiger charge is -2.26. The lowest BCUT2D eigenvalue weighted by atomic mass is 9.78. The first kappa shape index (κ1) is 93.1. The third-order valence-corrected chi connectivity index (χ3v) is 28.1. The monoisotopic (exact) mass is 1810 g/mol. The van der Waals surface area contributed by atoms with E-state index >= 15 is 0 Å². The molecule has 0 saturated heterocycles. The number of aromatic nitrogens is 6. The van der Waals surface area contributed by atoms with E-state index in [1.54, 1.807) is 0 Å². The van der Waals surface area contributed by atoms with Gasteiger partial charge in [0.25, 0.3) is 0 Å². The zero-order valence-electron chi connectivity index (χ0n) is 84.5. The average molecular weight is 1810 g/mol. The molecular formula is C129H132N6O3. The molecule has 0 atom stereocenters. The second kappa shape index (κ2) is 37.2. The van der Waals surface area contributed by atoms with Gasteiger partial charge in [0, 0.05) is 32.3 Å². The van der Waals surface area contributed by atoms with Crippen LogP contribution < -0.4 is 0 Å². The van der Waals surface area contributed by atoms with Gasteiger partial charge in [0.15, 0.2) is 16.7 Å². The van der Waals surface area contributed by atoms with Crippen LogP contribution in [0.4, 0.5) is 0 Å².